The second-order valence-corrected chi connectivity index (χ2v) is 9.09. The average Bonchev–Trinajstić information content (AvgIpc) is 3.11. The molecule has 0 aliphatic carbocycles. The zero-order valence-electron chi connectivity index (χ0n) is 20.1. The third-order valence-corrected chi connectivity index (χ3v) is 6.22. The fourth-order valence-electron chi connectivity index (χ4n) is 4.14. The zero-order chi connectivity index (χ0) is 22.6. The van der Waals surface area contributed by atoms with Crippen LogP contribution in [-0.2, 0) is 9.47 Å². The van der Waals surface area contributed by atoms with Gasteiger partial charge in [0.15, 0.2) is 0 Å². The van der Waals surface area contributed by atoms with Crippen molar-refractivity contribution in [3.63, 3.8) is 0 Å². The van der Waals surface area contributed by atoms with Crippen molar-refractivity contribution in [1.82, 2.24) is 0 Å². The van der Waals surface area contributed by atoms with Crippen LogP contribution in [0.5, 0.6) is 0 Å². The van der Waals surface area contributed by atoms with Crippen molar-refractivity contribution in [1.29, 1.82) is 0 Å². The maximum atomic E-state index is 9.85. The van der Waals surface area contributed by atoms with Crippen LogP contribution in [0.15, 0.2) is 12.2 Å². The number of rotatable bonds is 21. The summed E-state index contributed by atoms with van der Waals surface area (Å²) in [5.74, 6) is 0. The quantitative estimate of drug-likeness (QED) is 0.166. The van der Waals surface area contributed by atoms with Gasteiger partial charge in [0.25, 0.3) is 0 Å². The SMILES string of the molecule is CCCCCCCCCCC/C=C/CCCCCCCO[C@@H](CO)[C@@H]1OC[C@@H](O)[C@@H]1O. The monoisotopic (exact) mass is 442 g/mol. The van der Waals surface area contributed by atoms with Crippen LogP contribution >= 0.6 is 0 Å². The molecule has 0 unspecified atom stereocenters. The lowest BCUT2D eigenvalue weighted by Gasteiger charge is -2.24. The van der Waals surface area contributed by atoms with Crippen LogP contribution in [-0.4, -0.2) is 59.6 Å². The molecule has 184 valence electrons. The van der Waals surface area contributed by atoms with Gasteiger partial charge in [0, 0.05) is 6.61 Å². The van der Waals surface area contributed by atoms with E-state index < -0.39 is 24.4 Å². The molecule has 0 bridgehead atoms. The van der Waals surface area contributed by atoms with Crippen molar-refractivity contribution in [3.05, 3.63) is 12.2 Å². The highest BCUT2D eigenvalue weighted by Gasteiger charge is 2.40. The summed E-state index contributed by atoms with van der Waals surface area (Å²) in [6.45, 7) is 2.71. The minimum absolute atomic E-state index is 0.0966. The predicted molar refractivity (Wildman–Crippen MR) is 127 cm³/mol. The fraction of sp³-hybridized carbons (Fsp3) is 0.923. The van der Waals surface area contributed by atoms with Crippen LogP contribution in [0.2, 0.25) is 0 Å². The second kappa shape index (κ2) is 20.2. The zero-order valence-corrected chi connectivity index (χ0v) is 20.1. The van der Waals surface area contributed by atoms with Crippen LogP contribution in [0.4, 0.5) is 0 Å². The molecule has 0 saturated carbocycles. The molecular weight excluding hydrogens is 392 g/mol. The molecule has 1 rings (SSSR count). The lowest BCUT2D eigenvalue weighted by molar-refractivity contribution is -0.101. The second-order valence-electron chi connectivity index (χ2n) is 9.09. The Kier molecular flexibility index (Phi) is 18.6. The number of hydrogen-bond donors (Lipinski definition) is 3. The molecule has 4 atom stereocenters. The first-order valence-corrected chi connectivity index (χ1v) is 13.1. The Hall–Kier alpha value is -0.460. The van der Waals surface area contributed by atoms with Crippen LogP contribution in [0.25, 0.3) is 0 Å². The molecule has 0 aromatic heterocycles. The van der Waals surface area contributed by atoms with Crippen molar-refractivity contribution in [3.8, 4) is 0 Å². The molecule has 0 spiro atoms. The summed E-state index contributed by atoms with van der Waals surface area (Å²) in [7, 11) is 0. The van der Waals surface area contributed by atoms with E-state index >= 15 is 0 Å². The topological polar surface area (TPSA) is 79.2 Å². The largest absolute Gasteiger partial charge is 0.394 e. The summed E-state index contributed by atoms with van der Waals surface area (Å²) in [4.78, 5) is 0. The number of aliphatic hydroxyl groups is 3. The Balaban J connectivity index is 1.83. The Labute approximate surface area is 191 Å². The van der Waals surface area contributed by atoms with E-state index in [4.69, 9.17) is 9.47 Å². The van der Waals surface area contributed by atoms with Crippen molar-refractivity contribution in [2.75, 3.05) is 19.8 Å². The van der Waals surface area contributed by atoms with E-state index in [1.807, 2.05) is 0 Å². The van der Waals surface area contributed by atoms with Crippen LogP contribution < -0.4 is 0 Å². The number of unbranched alkanes of at least 4 members (excludes halogenated alkanes) is 14. The van der Waals surface area contributed by atoms with Gasteiger partial charge >= 0.3 is 0 Å². The number of hydrogen-bond acceptors (Lipinski definition) is 5. The summed E-state index contributed by atoms with van der Waals surface area (Å²) < 4.78 is 11.0. The smallest absolute Gasteiger partial charge is 0.114 e. The maximum Gasteiger partial charge on any atom is 0.114 e. The molecule has 0 aromatic carbocycles. The van der Waals surface area contributed by atoms with E-state index in [9.17, 15) is 15.3 Å². The molecular formula is C26H50O5. The summed E-state index contributed by atoms with van der Waals surface area (Å²) in [5, 5.41) is 28.8. The van der Waals surface area contributed by atoms with Crippen LogP contribution in [0.1, 0.15) is 110 Å². The van der Waals surface area contributed by atoms with Crippen molar-refractivity contribution in [2.45, 2.75) is 134 Å². The van der Waals surface area contributed by atoms with Gasteiger partial charge in [-0.25, -0.2) is 0 Å². The normalized spacial score (nSPS) is 22.5. The predicted octanol–water partition coefficient (Wildman–Crippen LogP) is 5.30. The van der Waals surface area contributed by atoms with Gasteiger partial charge in [-0.3, -0.25) is 0 Å². The molecule has 1 heterocycles. The molecule has 0 radical (unpaired) electrons. The molecule has 3 N–H and O–H groups in total. The van der Waals surface area contributed by atoms with Gasteiger partial charge in [0.2, 0.25) is 0 Å². The van der Waals surface area contributed by atoms with Gasteiger partial charge in [-0.1, -0.05) is 89.7 Å². The molecule has 1 aliphatic heterocycles. The van der Waals surface area contributed by atoms with E-state index in [-0.39, 0.29) is 13.2 Å². The Bertz CT molecular complexity index is 415. The summed E-state index contributed by atoms with van der Waals surface area (Å²) >= 11 is 0. The van der Waals surface area contributed by atoms with E-state index in [1.54, 1.807) is 0 Å². The molecule has 0 amide bonds. The highest BCUT2D eigenvalue weighted by molar-refractivity contribution is 4.88. The number of aliphatic hydroxyl groups excluding tert-OH is 3. The van der Waals surface area contributed by atoms with Crippen LogP contribution in [0.3, 0.4) is 0 Å². The first-order valence-electron chi connectivity index (χ1n) is 13.1. The molecule has 31 heavy (non-hydrogen) atoms. The Morgan fingerprint density at radius 3 is 1.81 bits per heavy atom. The molecule has 1 fully saturated rings. The van der Waals surface area contributed by atoms with Gasteiger partial charge in [0.05, 0.1) is 13.2 Å². The first-order chi connectivity index (χ1) is 15.2. The fourth-order valence-corrected chi connectivity index (χ4v) is 4.14. The molecule has 5 heteroatoms. The third-order valence-electron chi connectivity index (χ3n) is 6.22. The van der Waals surface area contributed by atoms with E-state index in [0.717, 1.165) is 12.8 Å². The lowest BCUT2D eigenvalue weighted by Crippen LogP contribution is -2.42. The summed E-state index contributed by atoms with van der Waals surface area (Å²) in [6.07, 6.45) is 22.3. The van der Waals surface area contributed by atoms with E-state index in [0.29, 0.717) is 6.61 Å². The van der Waals surface area contributed by atoms with Crippen molar-refractivity contribution >= 4 is 0 Å². The van der Waals surface area contributed by atoms with Crippen molar-refractivity contribution in [2.24, 2.45) is 0 Å². The Morgan fingerprint density at radius 2 is 1.32 bits per heavy atom. The van der Waals surface area contributed by atoms with E-state index in [1.165, 1.54) is 89.9 Å². The van der Waals surface area contributed by atoms with Gasteiger partial charge in [-0.2, -0.15) is 0 Å². The average molecular weight is 443 g/mol. The summed E-state index contributed by atoms with van der Waals surface area (Å²) in [5.41, 5.74) is 0. The lowest BCUT2D eigenvalue weighted by atomic mass is 10.1. The Morgan fingerprint density at radius 1 is 0.806 bits per heavy atom. The van der Waals surface area contributed by atoms with E-state index in [2.05, 4.69) is 19.1 Å². The number of allylic oxidation sites excluding steroid dienone is 2. The van der Waals surface area contributed by atoms with Crippen LogP contribution in [0, 0.1) is 0 Å². The third kappa shape index (κ3) is 14.3. The standard InChI is InChI=1S/C26H50O5/c1-2-3-4-5-6-7-8-9-10-11-12-13-14-15-16-17-18-19-20-30-24(21-27)26-25(29)23(28)22-31-26/h12-13,23-29H,2-11,14-22H2,1H3/b13-12+/t23-,24+,25+,26+/m1/s1. The highest BCUT2D eigenvalue weighted by Crippen LogP contribution is 2.20. The number of ether oxygens (including phenoxy) is 2. The minimum Gasteiger partial charge on any atom is -0.394 e. The minimum atomic E-state index is -0.981. The van der Waals surface area contributed by atoms with Gasteiger partial charge in [-0.05, 0) is 32.1 Å². The summed E-state index contributed by atoms with van der Waals surface area (Å²) in [6, 6.07) is 0. The molecule has 0 aromatic rings. The van der Waals surface area contributed by atoms with Crippen molar-refractivity contribution < 1.29 is 24.8 Å². The molecule has 1 aliphatic rings. The van der Waals surface area contributed by atoms with Gasteiger partial charge < -0.3 is 24.8 Å². The maximum absolute atomic E-state index is 9.85. The highest BCUT2D eigenvalue weighted by atomic mass is 16.6. The van der Waals surface area contributed by atoms with Gasteiger partial charge in [0.1, 0.15) is 24.4 Å². The molecule has 1 saturated heterocycles. The molecule has 5 nitrogen and oxygen atoms in total. The first kappa shape index (κ1) is 28.6. The van der Waals surface area contributed by atoms with Gasteiger partial charge in [-0.15, -0.1) is 0 Å².